The second kappa shape index (κ2) is 6.87. The second-order valence-corrected chi connectivity index (χ2v) is 7.26. The number of aromatic nitrogens is 2. The van der Waals surface area contributed by atoms with Gasteiger partial charge in [-0.1, -0.05) is 23.2 Å². The number of rotatable bonds is 4. The average molecular weight is 360 g/mol. The molecule has 6 heteroatoms. The van der Waals surface area contributed by atoms with Crippen LogP contribution in [-0.2, 0) is 6.42 Å². The van der Waals surface area contributed by atoms with Crippen LogP contribution in [0.4, 0.5) is 0 Å². The van der Waals surface area contributed by atoms with E-state index in [1.165, 1.54) is 0 Å². The van der Waals surface area contributed by atoms with Gasteiger partial charge in [-0.2, -0.15) is 0 Å². The van der Waals surface area contributed by atoms with Crippen molar-refractivity contribution >= 4 is 39.7 Å². The van der Waals surface area contributed by atoms with Gasteiger partial charge < -0.3 is 5.32 Å². The van der Waals surface area contributed by atoms with Crippen LogP contribution in [0, 0.1) is 20.8 Å². The Kier molecular flexibility index (Phi) is 4.83. The Hall–Kier alpha value is -1.98. The lowest BCUT2D eigenvalue weighted by atomic mass is 10.1. The molecule has 0 bridgehead atoms. The lowest BCUT2D eigenvalue weighted by Gasteiger charge is -2.09. The third-order valence-corrected chi connectivity index (χ3v) is 4.89. The van der Waals surface area contributed by atoms with Gasteiger partial charge in [-0.25, -0.2) is 9.97 Å². The highest BCUT2D eigenvalue weighted by atomic mass is 35.5. The first-order chi connectivity index (χ1) is 11.4. The van der Waals surface area contributed by atoms with Crippen LogP contribution in [0.5, 0.6) is 0 Å². The van der Waals surface area contributed by atoms with E-state index in [2.05, 4.69) is 21.4 Å². The summed E-state index contributed by atoms with van der Waals surface area (Å²) in [5, 5.41) is 7.10. The number of carbonyl (C=O) groups excluding carboxylic acids is 1. The van der Waals surface area contributed by atoms with Crippen LogP contribution in [-0.4, -0.2) is 22.4 Å². The van der Waals surface area contributed by atoms with Crippen LogP contribution in [0.1, 0.15) is 32.2 Å². The number of benzene rings is 1. The molecular formula is C18H18ClN3OS. The lowest BCUT2D eigenvalue weighted by molar-refractivity contribution is 0.0954. The number of hydrogen-bond donors (Lipinski definition) is 1. The second-order valence-electron chi connectivity index (χ2n) is 5.84. The topological polar surface area (TPSA) is 54.9 Å². The standard InChI is InChI=1S/C18H18ClN3OS/c1-10-6-11(2)16-13(7-10)8-15(17(19)22-16)18(23)20-5-4-14-9-24-12(3)21-14/h6-9H,4-5H2,1-3H3,(H,20,23). The Morgan fingerprint density at radius 3 is 2.71 bits per heavy atom. The largest absolute Gasteiger partial charge is 0.352 e. The van der Waals surface area contributed by atoms with Crippen molar-refractivity contribution in [2.45, 2.75) is 27.2 Å². The van der Waals surface area contributed by atoms with Crippen molar-refractivity contribution < 1.29 is 4.79 Å². The predicted octanol–water partition coefficient (Wildman–Crippen LogP) is 4.24. The molecule has 0 fully saturated rings. The van der Waals surface area contributed by atoms with Crippen LogP contribution in [0.2, 0.25) is 5.15 Å². The normalized spacial score (nSPS) is 11.0. The van der Waals surface area contributed by atoms with Gasteiger partial charge >= 0.3 is 0 Å². The van der Waals surface area contributed by atoms with E-state index < -0.39 is 0 Å². The highest BCUT2D eigenvalue weighted by molar-refractivity contribution is 7.09. The summed E-state index contributed by atoms with van der Waals surface area (Å²) in [5.74, 6) is -0.208. The van der Waals surface area contributed by atoms with Gasteiger partial charge in [0, 0.05) is 23.7 Å². The van der Waals surface area contributed by atoms with E-state index in [1.807, 2.05) is 38.3 Å². The molecule has 0 atom stereocenters. The van der Waals surface area contributed by atoms with Crippen molar-refractivity contribution in [3.63, 3.8) is 0 Å². The minimum Gasteiger partial charge on any atom is -0.352 e. The number of carbonyl (C=O) groups is 1. The minimum absolute atomic E-state index is 0.208. The van der Waals surface area contributed by atoms with Crippen molar-refractivity contribution in [2.24, 2.45) is 0 Å². The van der Waals surface area contributed by atoms with Crippen molar-refractivity contribution in [1.82, 2.24) is 15.3 Å². The molecule has 3 aromatic rings. The number of halogens is 1. The van der Waals surface area contributed by atoms with E-state index in [0.29, 0.717) is 18.5 Å². The molecule has 0 aliphatic carbocycles. The molecule has 0 saturated heterocycles. The molecule has 1 amide bonds. The summed E-state index contributed by atoms with van der Waals surface area (Å²) < 4.78 is 0. The van der Waals surface area contributed by atoms with Crippen LogP contribution in [0.3, 0.4) is 0 Å². The van der Waals surface area contributed by atoms with Gasteiger partial charge in [0.05, 0.1) is 21.8 Å². The van der Waals surface area contributed by atoms with E-state index in [4.69, 9.17) is 11.6 Å². The quantitative estimate of drug-likeness (QED) is 0.709. The summed E-state index contributed by atoms with van der Waals surface area (Å²) in [6.45, 7) is 6.51. The van der Waals surface area contributed by atoms with Gasteiger partial charge in [-0.3, -0.25) is 4.79 Å². The number of nitrogens with one attached hydrogen (secondary N) is 1. The molecule has 124 valence electrons. The first-order valence-corrected chi connectivity index (χ1v) is 8.96. The molecule has 0 aliphatic heterocycles. The predicted molar refractivity (Wildman–Crippen MR) is 99.1 cm³/mol. The van der Waals surface area contributed by atoms with Crippen molar-refractivity contribution in [3.05, 3.63) is 56.1 Å². The van der Waals surface area contributed by atoms with E-state index in [0.717, 1.165) is 32.7 Å². The molecule has 0 spiro atoms. The fraction of sp³-hybridized carbons (Fsp3) is 0.278. The SMILES string of the molecule is Cc1cc(C)c2nc(Cl)c(C(=O)NCCc3csc(C)n3)cc2c1. The Morgan fingerprint density at radius 2 is 2.00 bits per heavy atom. The fourth-order valence-corrected chi connectivity index (χ4v) is 3.58. The molecule has 24 heavy (non-hydrogen) atoms. The fourth-order valence-electron chi connectivity index (χ4n) is 2.71. The van der Waals surface area contributed by atoms with Crippen LogP contribution in [0.15, 0.2) is 23.6 Å². The number of pyridine rings is 1. The van der Waals surface area contributed by atoms with Gasteiger partial charge in [0.15, 0.2) is 0 Å². The van der Waals surface area contributed by atoms with Crippen molar-refractivity contribution in [3.8, 4) is 0 Å². The maximum Gasteiger partial charge on any atom is 0.254 e. The average Bonchev–Trinajstić information content (AvgIpc) is 2.93. The van der Waals surface area contributed by atoms with Crippen molar-refractivity contribution in [2.75, 3.05) is 6.54 Å². The first kappa shape index (κ1) is 16.9. The Morgan fingerprint density at radius 1 is 1.21 bits per heavy atom. The Balaban J connectivity index is 1.77. The molecular weight excluding hydrogens is 342 g/mol. The third-order valence-electron chi connectivity index (χ3n) is 3.78. The summed E-state index contributed by atoms with van der Waals surface area (Å²) in [5.41, 5.74) is 4.42. The van der Waals surface area contributed by atoms with E-state index in [-0.39, 0.29) is 11.1 Å². The number of nitrogens with zero attached hydrogens (tertiary/aromatic N) is 2. The molecule has 0 aliphatic rings. The maximum absolute atomic E-state index is 12.4. The van der Waals surface area contributed by atoms with Crippen molar-refractivity contribution in [1.29, 1.82) is 0 Å². The van der Waals surface area contributed by atoms with Crippen LogP contribution in [0.25, 0.3) is 10.9 Å². The highest BCUT2D eigenvalue weighted by Gasteiger charge is 2.14. The summed E-state index contributed by atoms with van der Waals surface area (Å²) in [4.78, 5) is 21.2. The smallest absolute Gasteiger partial charge is 0.254 e. The number of aryl methyl sites for hydroxylation is 3. The van der Waals surface area contributed by atoms with Crippen LogP contribution >= 0.6 is 22.9 Å². The van der Waals surface area contributed by atoms with Gasteiger partial charge in [0.2, 0.25) is 0 Å². The molecule has 0 radical (unpaired) electrons. The monoisotopic (exact) mass is 359 g/mol. The number of amides is 1. The maximum atomic E-state index is 12.4. The van der Waals surface area contributed by atoms with Gasteiger partial charge in [-0.15, -0.1) is 11.3 Å². The minimum atomic E-state index is -0.208. The summed E-state index contributed by atoms with van der Waals surface area (Å²) in [6, 6.07) is 5.88. The zero-order valence-electron chi connectivity index (χ0n) is 13.8. The summed E-state index contributed by atoms with van der Waals surface area (Å²) in [6.07, 6.45) is 0.701. The first-order valence-electron chi connectivity index (χ1n) is 7.71. The highest BCUT2D eigenvalue weighted by Crippen LogP contribution is 2.24. The summed E-state index contributed by atoms with van der Waals surface area (Å²) >= 11 is 7.84. The number of hydrogen-bond acceptors (Lipinski definition) is 4. The van der Waals surface area contributed by atoms with Gasteiger partial charge in [0.25, 0.3) is 5.91 Å². The summed E-state index contributed by atoms with van der Waals surface area (Å²) in [7, 11) is 0. The van der Waals surface area contributed by atoms with Gasteiger partial charge in [-0.05, 0) is 38.5 Å². The zero-order chi connectivity index (χ0) is 17.3. The number of thiazole rings is 1. The zero-order valence-corrected chi connectivity index (χ0v) is 15.4. The Bertz CT molecular complexity index is 920. The molecule has 4 nitrogen and oxygen atoms in total. The molecule has 1 aromatic carbocycles. The lowest BCUT2D eigenvalue weighted by Crippen LogP contribution is -2.26. The van der Waals surface area contributed by atoms with E-state index >= 15 is 0 Å². The van der Waals surface area contributed by atoms with Crippen LogP contribution < -0.4 is 5.32 Å². The third kappa shape index (κ3) is 3.57. The van der Waals surface area contributed by atoms with Gasteiger partial charge in [0.1, 0.15) is 5.15 Å². The molecule has 2 heterocycles. The Labute approximate surface area is 149 Å². The molecule has 1 N–H and O–H groups in total. The molecule has 0 unspecified atom stereocenters. The molecule has 3 rings (SSSR count). The van der Waals surface area contributed by atoms with E-state index in [9.17, 15) is 4.79 Å². The van der Waals surface area contributed by atoms with E-state index in [1.54, 1.807) is 11.3 Å². The molecule has 2 aromatic heterocycles. The number of fused-ring (bicyclic) bond motifs is 1. The molecule has 0 saturated carbocycles.